The molecule has 0 aliphatic rings. The number of ether oxygens (including phenoxy) is 1. The van der Waals surface area contributed by atoms with E-state index in [1.54, 1.807) is 39.1 Å². The molecule has 0 aliphatic heterocycles. The molecule has 11 heteroatoms. The van der Waals surface area contributed by atoms with Crippen molar-refractivity contribution in [2.75, 3.05) is 31.6 Å². The number of nitrogens with zero attached hydrogens (tertiary/aromatic N) is 2. The molecule has 0 saturated carbocycles. The summed E-state index contributed by atoms with van der Waals surface area (Å²) >= 11 is 6.12. The van der Waals surface area contributed by atoms with Crippen molar-refractivity contribution in [1.82, 2.24) is 15.0 Å². The molecule has 2 N–H and O–H groups in total. The Hall–Kier alpha value is -2.68. The smallest absolute Gasteiger partial charge is 0.459 e. The summed E-state index contributed by atoms with van der Waals surface area (Å²) in [6.45, 7) is 13.7. The average molecular weight is 619 g/mol. The van der Waals surface area contributed by atoms with Crippen LogP contribution in [-0.4, -0.2) is 60.3 Å². The van der Waals surface area contributed by atoms with Gasteiger partial charge in [0.25, 0.3) is 0 Å². The Balaban J connectivity index is 1.52. The highest BCUT2D eigenvalue weighted by atomic mass is 35.5. The van der Waals surface area contributed by atoms with Gasteiger partial charge >= 0.3 is 13.7 Å². The van der Waals surface area contributed by atoms with Crippen molar-refractivity contribution in [3.05, 3.63) is 65.3 Å². The van der Waals surface area contributed by atoms with E-state index in [2.05, 4.69) is 34.1 Å². The van der Waals surface area contributed by atoms with E-state index in [0.717, 1.165) is 48.1 Å². The summed E-state index contributed by atoms with van der Waals surface area (Å²) in [6.07, 6.45) is 3.42. The third-order valence-corrected chi connectivity index (χ3v) is 8.55. The predicted octanol–water partition coefficient (Wildman–Crippen LogP) is 7.23. The molecule has 3 atom stereocenters. The molecule has 2 aromatic carbocycles. The molecule has 42 heavy (non-hydrogen) atoms. The first-order chi connectivity index (χ1) is 20.0. The predicted molar refractivity (Wildman–Crippen MR) is 170 cm³/mol. The Kier molecular flexibility index (Phi) is 13.1. The van der Waals surface area contributed by atoms with E-state index in [0.29, 0.717) is 17.3 Å². The molecule has 0 spiro atoms. The first-order valence-corrected chi connectivity index (χ1v) is 16.4. The fourth-order valence-electron chi connectivity index (χ4n) is 4.38. The Bertz CT molecular complexity index is 1340. The van der Waals surface area contributed by atoms with Gasteiger partial charge in [0.2, 0.25) is 0 Å². The highest BCUT2D eigenvalue weighted by Crippen LogP contribution is 2.45. The number of carbonyl (C=O) groups is 1. The van der Waals surface area contributed by atoms with Gasteiger partial charge in [-0.05, 0) is 96.9 Å². The fourth-order valence-corrected chi connectivity index (χ4v) is 6.02. The standard InChI is InChI=1S/C31H44ClN4O5P/c1-7-36(18-8-9-24(5)34-29-16-17-33-30-21-26(32)12-15-28(29)30)19-20-39-42(38,35-25(6)31(37)40-22(2)3)41-27-13-10-23(4)11-14-27/h10-17,21-22,24-25H,7-9,18-20H2,1-6H3,(H,33,34)(H,35,38)/t24-,25+,42+/m1/s1. The number of aromatic nitrogens is 1. The molecule has 0 amide bonds. The molecule has 230 valence electrons. The maximum absolute atomic E-state index is 13.7. The molecule has 1 aromatic heterocycles. The number of hydrogen-bond donors (Lipinski definition) is 2. The van der Waals surface area contributed by atoms with E-state index < -0.39 is 19.8 Å². The van der Waals surface area contributed by atoms with Gasteiger partial charge in [-0.2, -0.15) is 5.09 Å². The van der Waals surface area contributed by atoms with Crippen LogP contribution in [0.5, 0.6) is 5.75 Å². The summed E-state index contributed by atoms with van der Waals surface area (Å²) in [7, 11) is -3.88. The number of likely N-dealkylation sites (N-methyl/N-ethyl adjacent to an activating group) is 1. The van der Waals surface area contributed by atoms with E-state index in [4.69, 9.17) is 25.4 Å². The topological polar surface area (TPSA) is 102 Å². The van der Waals surface area contributed by atoms with Crippen LogP contribution in [0.15, 0.2) is 54.7 Å². The summed E-state index contributed by atoms with van der Waals surface area (Å²) in [5.41, 5.74) is 2.94. The summed E-state index contributed by atoms with van der Waals surface area (Å²) in [6, 6.07) is 14.3. The first kappa shape index (κ1) is 33.8. The van der Waals surface area contributed by atoms with E-state index in [1.165, 1.54) is 0 Å². The van der Waals surface area contributed by atoms with Gasteiger partial charge in [0.15, 0.2) is 0 Å². The number of nitrogens with one attached hydrogen (secondary N) is 2. The second-order valence-corrected chi connectivity index (χ2v) is 12.8. The van der Waals surface area contributed by atoms with Gasteiger partial charge < -0.3 is 19.5 Å². The third kappa shape index (κ3) is 10.9. The Labute approximate surface area is 254 Å². The number of esters is 1. The number of halogens is 1. The molecule has 9 nitrogen and oxygen atoms in total. The van der Waals surface area contributed by atoms with Crippen molar-refractivity contribution in [2.45, 2.75) is 72.6 Å². The van der Waals surface area contributed by atoms with Gasteiger partial charge in [0, 0.05) is 34.9 Å². The SMILES string of the molecule is CCN(CCC[C@@H](C)Nc1ccnc2cc(Cl)ccc12)CCO[P@@](=O)(N[C@@H](C)C(=O)OC(C)C)Oc1ccc(C)cc1. The molecule has 3 rings (SSSR count). The van der Waals surface area contributed by atoms with Crippen LogP contribution in [0.25, 0.3) is 10.9 Å². The number of carbonyl (C=O) groups excluding carboxylic acids is 1. The minimum atomic E-state index is -3.88. The number of benzene rings is 2. The number of pyridine rings is 1. The normalized spacial score (nSPS) is 14.5. The van der Waals surface area contributed by atoms with Gasteiger partial charge in [-0.15, -0.1) is 0 Å². The maximum Gasteiger partial charge on any atom is 0.459 e. The second kappa shape index (κ2) is 16.2. The van der Waals surface area contributed by atoms with E-state index >= 15 is 0 Å². The molecule has 3 aromatic rings. The molecule has 0 bridgehead atoms. The monoisotopic (exact) mass is 618 g/mol. The van der Waals surface area contributed by atoms with Crippen LogP contribution in [-0.2, 0) is 18.6 Å². The van der Waals surface area contributed by atoms with Crippen molar-refractivity contribution in [3.63, 3.8) is 0 Å². The molecule has 0 radical (unpaired) electrons. The van der Waals surface area contributed by atoms with Crippen molar-refractivity contribution in [1.29, 1.82) is 0 Å². The lowest BCUT2D eigenvalue weighted by molar-refractivity contribution is -0.149. The van der Waals surface area contributed by atoms with Crippen molar-refractivity contribution < 1.29 is 23.1 Å². The Morgan fingerprint density at radius 3 is 2.50 bits per heavy atom. The second-order valence-electron chi connectivity index (χ2n) is 10.7. The van der Waals surface area contributed by atoms with E-state index in [1.807, 2.05) is 43.3 Å². The van der Waals surface area contributed by atoms with Gasteiger partial charge in [-0.1, -0.05) is 36.2 Å². The maximum atomic E-state index is 13.7. The van der Waals surface area contributed by atoms with Gasteiger partial charge in [-0.25, -0.2) is 4.57 Å². The van der Waals surface area contributed by atoms with E-state index in [-0.39, 0.29) is 18.8 Å². The first-order valence-electron chi connectivity index (χ1n) is 14.5. The number of fused-ring (bicyclic) bond motifs is 1. The van der Waals surface area contributed by atoms with Crippen LogP contribution in [0.1, 0.15) is 53.0 Å². The Morgan fingerprint density at radius 2 is 1.81 bits per heavy atom. The summed E-state index contributed by atoms with van der Waals surface area (Å²) in [5.74, 6) is -0.137. The van der Waals surface area contributed by atoms with Gasteiger partial charge in [0.1, 0.15) is 11.8 Å². The zero-order valence-corrected chi connectivity index (χ0v) is 27.1. The van der Waals surface area contributed by atoms with Gasteiger partial charge in [-0.3, -0.25) is 14.3 Å². The summed E-state index contributed by atoms with van der Waals surface area (Å²) in [4.78, 5) is 19.0. The molecular weight excluding hydrogens is 575 g/mol. The number of rotatable bonds is 17. The molecule has 0 unspecified atom stereocenters. The molecule has 0 saturated heterocycles. The van der Waals surface area contributed by atoms with Gasteiger partial charge in [0.05, 0.1) is 18.2 Å². The van der Waals surface area contributed by atoms with Crippen LogP contribution < -0.4 is 14.9 Å². The largest absolute Gasteiger partial charge is 0.462 e. The van der Waals surface area contributed by atoms with Crippen LogP contribution >= 0.6 is 19.3 Å². The lowest BCUT2D eigenvalue weighted by Crippen LogP contribution is -2.37. The van der Waals surface area contributed by atoms with Crippen LogP contribution in [0, 0.1) is 6.92 Å². The van der Waals surface area contributed by atoms with Crippen LogP contribution in [0.3, 0.4) is 0 Å². The van der Waals surface area contributed by atoms with Crippen LogP contribution in [0.4, 0.5) is 5.69 Å². The lowest BCUT2D eigenvalue weighted by Gasteiger charge is -2.25. The number of hydrogen-bond acceptors (Lipinski definition) is 8. The minimum Gasteiger partial charge on any atom is -0.462 e. The average Bonchev–Trinajstić information content (AvgIpc) is 2.93. The fraction of sp³-hybridized carbons (Fsp3) is 0.484. The van der Waals surface area contributed by atoms with E-state index in [9.17, 15) is 9.36 Å². The van der Waals surface area contributed by atoms with Crippen LogP contribution in [0.2, 0.25) is 5.02 Å². The molecule has 0 fully saturated rings. The zero-order chi connectivity index (χ0) is 30.7. The minimum absolute atomic E-state index is 0.162. The highest BCUT2D eigenvalue weighted by Gasteiger charge is 2.32. The highest BCUT2D eigenvalue weighted by molar-refractivity contribution is 7.52. The van der Waals surface area contributed by atoms with Crippen molar-refractivity contribution in [2.24, 2.45) is 0 Å². The quantitative estimate of drug-likeness (QED) is 0.120. The summed E-state index contributed by atoms with van der Waals surface area (Å²) in [5, 5.41) is 8.06. The number of anilines is 1. The van der Waals surface area contributed by atoms with Crippen molar-refractivity contribution in [3.8, 4) is 5.75 Å². The molecule has 0 aliphatic carbocycles. The number of aryl methyl sites for hydroxylation is 1. The molecular formula is C31H44ClN4O5P. The van der Waals surface area contributed by atoms with Crippen molar-refractivity contribution >= 4 is 41.9 Å². The third-order valence-electron chi connectivity index (χ3n) is 6.64. The zero-order valence-electron chi connectivity index (χ0n) is 25.4. The lowest BCUT2D eigenvalue weighted by atomic mass is 10.1. The Morgan fingerprint density at radius 1 is 1.07 bits per heavy atom. The summed E-state index contributed by atoms with van der Waals surface area (Å²) < 4.78 is 30.6. The molecule has 1 heterocycles.